The second-order valence-corrected chi connectivity index (χ2v) is 5.94. The van der Waals surface area contributed by atoms with Gasteiger partial charge in [-0.2, -0.15) is 0 Å². The van der Waals surface area contributed by atoms with Gasteiger partial charge in [0.05, 0.1) is 0 Å². The molecule has 2 rings (SSSR count). The first kappa shape index (κ1) is 18.5. The number of halogens is 1. The molecule has 132 valence electrons. The Labute approximate surface area is 149 Å². The van der Waals surface area contributed by atoms with E-state index in [9.17, 15) is 19.2 Å². The van der Waals surface area contributed by atoms with E-state index in [1.165, 1.54) is 13.0 Å². The van der Waals surface area contributed by atoms with Gasteiger partial charge >= 0.3 is 12.1 Å². The van der Waals surface area contributed by atoms with Gasteiger partial charge in [0.15, 0.2) is 0 Å². The summed E-state index contributed by atoms with van der Waals surface area (Å²) in [5.74, 6) is -1.38. The number of urea groups is 2. The van der Waals surface area contributed by atoms with Crippen LogP contribution >= 0.6 is 11.6 Å². The molecule has 1 aliphatic heterocycles. The molecule has 6 amide bonds. The van der Waals surface area contributed by atoms with Gasteiger partial charge in [0, 0.05) is 11.6 Å². The molecule has 1 atom stereocenters. The fourth-order valence-electron chi connectivity index (χ4n) is 2.34. The summed E-state index contributed by atoms with van der Waals surface area (Å²) in [7, 11) is 0. The summed E-state index contributed by atoms with van der Waals surface area (Å²) in [6.45, 7) is 4.56. The van der Waals surface area contributed by atoms with Gasteiger partial charge in [-0.25, -0.2) is 9.59 Å². The minimum absolute atomic E-state index is 0.177. The summed E-state index contributed by atoms with van der Waals surface area (Å²) in [5, 5.41) is 7.43. The second-order valence-electron chi connectivity index (χ2n) is 5.50. The Morgan fingerprint density at radius 3 is 2.56 bits per heavy atom. The number of nitrogens with one attached hydrogen (secondary N) is 3. The highest BCUT2D eigenvalue weighted by Crippen LogP contribution is 2.29. The molecule has 1 aromatic carbocycles. The summed E-state index contributed by atoms with van der Waals surface area (Å²) in [4.78, 5) is 48.8. The Bertz CT molecular complexity index is 734. The van der Waals surface area contributed by atoms with Gasteiger partial charge in [0.2, 0.25) is 5.91 Å². The smallest absolute Gasteiger partial charge is 0.325 e. The van der Waals surface area contributed by atoms with Crippen LogP contribution in [0.25, 0.3) is 0 Å². The van der Waals surface area contributed by atoms with Crippen molar-refractivity contribution in [3.05, 3.63) is 47.5 Å². The number of imide groups is 2. The van der Waals surface area contributed by atoms with Crippen LogP contribution in [0.2, 0.25) is 5.02 Å². The lowest BCUT2D eigenvalue weighted by atomic mass is 9.92. The van der Waals surface area contributed by atoms with E-state index in [0.29, 0.717) is 10.6 Å². The number of carbonyl (C=O) groups excluding carboxylic acids is 4. The van der Waals surface area contributed by atoms with Gasteiger partial charge in [0.1, 0.15) is 12.1 Å². The molecule has 0 saturated carbocycles. The van der Waals surface area contributed by atoms with Gasteiger partial charge in [-0.05, 0) is 24.6 Å². The predicted octanol–water partition coefficient (Wildman–Crippen LogP) is 1.12. The third-order valence-corrected chi connectivity index (χ3v) is 3.91. The molecule has 1 heterocycles. The maximum atomic E-state index is 12.6. The van der Waals surface area contributed by atoms with Crippen molar-refractivity contribution in [2.75, 3.05) is 13.1 Å². The van der Waals surface area contributed by atoms with E-state index >= 15 is 0 Å². The molecule has 1 aromatic rings. The summed E-state index contributed by atoms with van der Waals surface area (Å²) in [6, 6.07) is 4.98. The number of benzene rings is 1. The van der Waals surface area contributed by atoms with E-state index in [4.69, 9.17) is 11.6 Å². The van der Waals surface area contributed by atoms with E-state index in [1.807, 2.05) is 5.32 Å². The van der Waals surface area contributed by atoms with Crippen LogP contribution in [-0.4, -0.2) is 41.9 Å². The molecule has 0 aromatic heterocycles. The topological polar surface area (TPSA) is 108 Å². The minimum Gasteiger partial charge on any atom is -0.334 e. The first-order chi connectivity index (χ1) is 11.8. The van der Waals surface area contributed by atoms with E-state index in [1.54, 1.807) is 24.3 Å². The molecule has 0 aliphatic carbocycles. The van der Waals surface area contributed by atoms with Crippen LogP contribution in [0.5, 0.6) is 0 Å². The number of hydrogen-bond acceptors (Lipinski definition) is 4. The highest BCUT2D eigenvalue weighted by atomic mass is 35.5. The molecule has 3 N–H and O–H groups in total. The van der Waals surface area contributed by atoms with Crippen molar-refractivity contribution in [2.45, 2.75) is 12.5 Å². The van der Waals surface area contributed by atoms with Gasteiger partial charge in [0.25, 0.3) is 5.91 Å². The maximum absolute atomic E-state index is 12.6. The van der Waals surface area contributed by atoms with Crippen LogP contribution in [0.3, 0.4) is 0 Å². The highest BCUT2D eigenvalue weighted by molar-refractivity contribution is 6.30. The number of carbonyl (C=O) groups is 4. The zero-order valence-corrected chi connectivity index (χ0v) is 14.2. The van der Waals surface area contributed by atoms with Crippen molar-refractivity contribution in [2.24, 2.45) is 0 Å². The molecule has 1 aliphatic rings. The summed E-state index contributed by atoms with van der Waals surface area (Å²) in [5.41, 5.74) is -0.783. The van der Waals surface area contributed by atoms with Gasteiger partial charge in [-0.3, -0.25) is 19.8 Å². The zero-order chi connectivity index (χ0) is 18.6. The van der Waals surface area contributed by atoms with Crippen molar-refractivity contribution in [1.29, 1.82) is 0 Å². The number of rotatable bonds is 5. The van der Waals surface area contributed by atoms with Crippen molar-refractivity contribution < 1.29 is 19.2 Å². The predicted molar refractivity (Wildman–Crippen MR) is 90.8 cm³/mol. The molecule has 25 heavy (non-hydrogen) atoms. The van der Waals surface area contributed by atoms with E-state index in [2.05, 4.69) is 17.2 Å². The molecule has 1 unspecified atom stereocenters. The molecule has 1 saturated heterocycles. The van der Waals surface area contributed by atoms with E-state index in [-0.39, 0.29) is 6.54 Å². The summed E-state index contributed by atoms with van der Waals surface area (Å²) >= 11 is 5.83. The van der Waals surface area contributed by atoms with Crippen LogP contribution in [-0.2, 0) is 15.1 Å². The average molecular weight is 365 g/mol. The molecule has 9 heteroatoms. The molecule has 8 nitrogen and oxygen atoms in total. The Morgan fingerprint density at radius 1 is 1.32 bits per heavy atom. The zero-order valence-electron chi connectivity index (χ0n) is 13.5. The Balaban J connectivity index is 2.08. The van der Waals surface area contributed by atoms with Crippen molar-refractivity contribution in [3.8, 4) is 0 Å². The van der Waals surface area contributed by atoms with Crippen molar-refractivity contribution >= 4 is 35.5 Å². The van der Waals surface area contributed by atoms with Gasteiger partial charge in [-0.1, -0.05) is 29.8 Å². The van der Waals surface area contributed by atoms with Crippen molar-refractivity contribution in [1.82, 2.24) is 20.9 Å². The third-order valence-electron chi connectivity index (χ3n) is 3.66. The average Bonchev–Trinajstić information content (AvgIpc) is 2.77. The first-order valence-electron chi connectivity index (χ1n) is 7.36. The van der Waals surface area contributed by atoms with E-state index < -0.39 is 36.0 Å². The van der Waals surface area contributed by atoms with Crippen LogP contribution in [0.4, 0.5) is 9.59 Å². The lowest BCUT2D eigenvalue weighted by Crippen LogP contribution is -2.46. The van der Waals surface area contributed by atoms with Crippen LogP contribution in [0.1, 0.15) is 12.5 Å². The Morgan fingerprint density at radius 2 is 1.96 bits per heavy atom. The normalized spacial score (nSPS) is 19.4. The molecule has 1 fully saturated rings. The lowest BCUT2D eigenvalue weighted by Gasteiger charge is -2.22. The number of amides is 6. The first-order valence-corrected chi connectivity index (χ1v) is 7.74. The van der Waals surface area contributed by atoms with E-state index in [0.717, 1.165) is 4.90 Å². The summed E-state index contributed by atoms with van der Waals surface area (Å²) < 4.78 is 0. The molecule has 0 spiro atoms. The maximum Gasteiger partial charge on any atom is 0.325 e. The highest BCUT2D eigenvalue weighted by Gasteiger charge is 2.49. The molecular formula is C16H17ClN4O4. The Kier molecular flexibility index (Phi) is 5.43. The summed E-state index contributed by atoms with van der Waals surface area (Å²) in [6.07, 6.45) is 1.44. The third kappa shape index (κ3) is 3.97. The standard InChI is InChI=1S/C16H17ClN4O4/c1-3-8-18-14(24)19-12(22)9-21-13(23)16(2,20-15(21)25)10-4-6-11(17)7-5-10/h3-7H,1,8-9H2,2H3,(H,20,25)(H2,18,19,22,24). The van der Waals surface area contributed by atoms with Crippen LogP contribution < -0.4 is 16.0 Å². The Hall–Kier alpha value is -2.87. The number of nitrogens with zero attached hydrogens (tertiary/aromatic N) is 1. The monoisotopic (exact) mass is 364 g/mol. The molecular weight excluding hydrogens is 348 g/mol. The van der Waals surface area contributed by atoms with Gasteiger partial charge < -0.3 is 10.6 Å². The van der Waals surface area contributed by atoms with Gasteiger partial charge in [-0.15, -0.1) is 6.58 Å². The molecule has 0 bridgehead atoms. The van der Waals surface area contributed by atoms with Crippen LogP contribution in [0, 0.1) is 0 Å². The quantitative estimate of drug-likeness (QED) is 0.537. The number of hydrogen-bond donors (Lipinski definition) is 3. The lowest BCUT2D eigenvalue weighted by molar-refractivity contribution is -0.134. The molecule has 0 radical (unpaired) electrons. The van der Waals surface area contributed by atoms with Crippen molar-refractivity contribution in [3.63, 3.8) is 0 Å². The van der Waals surface area contributed by atoms with Crippen LogP contribution in [0.15, 0.2) is 36.9 Å². The fourth-order valence-corrected chi connectivity index (χ4v) is 2.46. The largest absolute Gasteiger partial charge is 0.334 e. The second kappa shape index (κ2) is 7.35. The fraction of sp³-hybridized carbons (Fsp3) is 0.250. The minimum atomic E-state index is -1.31. The SMILES string of the molecule is C=CCNC(=O)NC(=O)CN1C(=O)NC(C)(c2ccc(Cl)cc2)C1=O.